The largest absolute Gasteiger partial charge is 0.465 e. The standard InChI is InChI=1S/C18H16N4O4.C2H6.CH4/c1-10-14-5-3-4-8-22(14)16(20-10)15(23)11-6-7-13(21-18(19)25)12(9-11)17(24)26-2;1-2;/h3-9H,1-2H3,(H3,19,21,25);1-2H3;1H4. The number of aryl methyl sites for hydroxylation is 1. The van der Waals surface area contributed by atoms with Gasteiger partial charge in [-0.25, -0.2) is 14.6 Å². The Balaban J connectivity index is 0.00000136. The first-order chi connectivity index (χ1) is 13.4. The van der Waals surface area contributed by atoms with Crippen molar-refractivity contribution in [3.8, 4) is 0 Å². The number of urea groups is 1. The van der Waals surface area contributed by atoms with E-state index in [1.54, 1.807) is 16.7 Å². The monoisotopic (exact) mass is 398 g/mol. The lowest BCUT2D eigenvalue weighted by Crippen LogP contribution is -2.21. The molecule has 0 atom stereocenters. The molecular weight excluding hydrogens is 372 g/mol. The number of nitrogens with one attached hydrogen (secondary N) is 1. The summed E-state index contributed by atoms with van der Waals surface area (Å²) in [6.45, 7) is 5.81. The number of nitrogens with two attached hydrogens (primary N) is 1. The van der Waals surface area contributed by atoms with E-state index in [1.165, 1.54) is 25.3 Å². The third-order valence-corrected chi connectivity index (χ3v) is 3.88. The van der Waals surface area contributed by atoms with Gasteiger partial charge in [0.25, 0.3) is 0 Å². The van der Waals surface area contributed by atoms with E-state index in [0.29, 0.717) is 5.69 Å². The van der Waals surface area contributed by atoms with Crippen LogP contribution < -0.4 is 11.1 Å². The molecule has 154 valence electrons. The van der Waals surface area contributed by atoms with Crippen LogP contribution in [0.4, 0.5) is 10.5 Å². The van der Waals surface area contributed by atoms with Crippen LogP contribution in [0.2, 0.25) is 0 Å². The van der Waals surface area contributed by atoms with Crippen LogP contribution in [0.3, 0.4) is 0 Å². The highest BCUT2D eigenvalue weighted by Gasteiger charge is 2.21. The number of carbonyl (C=O) groups is 3. The zero-order valence-electron chi connectivity index (χ0n) is 16.1. The average Bonchev–Trinajstić information content (AvgIpc) is 3.05. The van der Waals surface area contributed by atoms with Crippen LogP contribution in [0.15, 0.2) is 42.6 Å². The van der Waals surface area contributed by atoms with Crippen molar-refractivity contribution >= 4 is 29.0 Å². The molecule has 0 aliphatic heterocycles. The van der Waals surface area contributed by atoms with E-state index in [0.717, 1.165) is 5.52 Å². The number of amides is 2. The number of primary amides is 1. The number of esters is 1. The highest BCUT2D eigenvalue weighted by Crippen LogP contribution is 2.22. The molecule has 3 rings (SSSR count). The summed E-state index contributed by atoms with van der Waals surface area (Å²) in [6, 6.07) is 8.94. The Hall–Kier alpha value is -3.68. The number of hydrogen-bond acceptors (Lipinski definition) is 5. The lowest BCUT2D eigenvalue weighted by molar-refractivity contribution is 0.0602. The van der Waals surface area contributed by atoms with Crippen molar-refractivity contribution in [2.24, 2.45) is 5.73 Å². The molecule has 2 heterocycles. The van der Waals surface area contributed by atoms with Gasteiger partial charge in [0.1, 0.15) is 0 Å². The number of rotatable bonds is 4. The highest BCUT2D eigenvalue weighted by atomic mass is 16.5. The second-order valence-electron chi connectivity index (χ2n) is 5.55. The first kappa shape index (κ1) is 23.4. The summed E-state index contributed by atoms with van der Waals surface area (Å²) in [4.78, 5) is 40.4. The van der Waals surface area contributed by atoms with Gasteiger partial charge in [-0.2, -0.15) is 0 Å². The number of carbonyl (C=O) groups excluding carboxylic acids is 3. The van der Waals surface area contributed by atoms with Crippen molar-refractivity contribution in [1.82, 2.24) is 9.38 Å². The minimum atomic E-state index is -0.830. The van der Waals surface area contributed by atoms with Gasteiger partial charge in [0.2, 0.25) is 5.78 Å². The molecule has 1 aromatic carbocycles. The van der Waals surface area contributed by atoms with Gasteiger partial charge < -0.3 is 15.8 Å². The van der Waals surface area contributed by atoms with E-state index in [4.69, 9.17) is 10.5 Å². The third-order valence-electron chi connectivity index (χ3n) is 3.88. The maximum absolute atomic E-state index is 12.9. The molecule has 29 heavy (non-hydrogen) atoms. The smallest absolute Gasteiger partial charge is 0.339 e. The molecule has 8 heteroatoms. The zero-order chi connectivity index (χ0) is 20.8. The van der Waals surface area contributed by atoms with Crippen molar-refractivity contribution in [3.63, 3.8) is 0 Å². The van der Waals surface area contributed by atoms with Gasteiger partial charge in [-0.05, 0) is 37.3 Å². The highest BCUT2D eigenvalue weighted by molar-refractivity contribution is 6.10. The molecule has 3 aromatic rings. The summed E-state index contributed by atoms with van der Waals surface area (Å²) in [6.07, 6.45) is 1.74. The molecule has 0 aliphatic carbocycles. The minimum absolute atomic E-state index is 0. The molecule has 0 saturated carbocycles. The summed E-state index contributed by atoms with van der Waals surface area (Å²) in [5, 5.41) is 2.33. The van der Waals surface area contributed by atoms with Crippen molar-refractivity contribution in [3.05, 3.63) is 65.2 Å². The van der Waals surface area contributed by atoms with E-state index in [2.05, 4.69) is 10.3 Å². The van der Waals surface area contributed by atoms with Crippen LogP contribution in [-0.4, -0.2) is 34.3 Å². The van der Waals surface area contributed by atoms with Gasteiger partial charge >= 0.3 is 12.0 Å². The Morgan fingerprint density at radius 2 is 1.83 bits per heavy atom. The number of imidazole rings is 1. The molecule has 0 bridgehead atoms. The zero-order valence-corrected chi connectivity index (χ0v) is 16.1. The summed E-state index contributed by atoms with van der Waals surface area (Å²) in [5.74, 6) is -0.841. The van der Waals surface area contributed by atoms with Crippen molar-refractivity contribution < 1.29 is 19.1 Å². The Morgan fingerprint density at radius 1 is 1.14 bits per heavy atom. The maximum Gasteiger partial charge on any atom is 0.339 e. The normalized spacial score (nSPS) is 9.66. The Labute approximate surface area is 169 Å². The Bertz CT molecular complexity index is 1040. The molecule has 0 radical (unpaired) electrons. The van der Waals surface area contributed by atoms with E-state index in [9.17, 15) is 14.4 Å². The van der Waals surface area contributed by atoms with Crippen LogP contribution >= 0.6 is 0 Å². The average molecular weight is 398 g/mol. The minimum Gasteiger partial charge on any atom is -0.465 e. The van der Waals surface area contributed by atoms with E-state index < -0.39 is 12.0 Å². The summed E-state index contributed by atoms with van der Waals surface area (Å²) in [5.41, 5.74) is 7.05. The number of aromatic nitrogens is 2. The Kier molecular flexibility index (Phi) is 8.08. The molecule has 2 aromatic heterocycles. The summed E-state index contributed by atoms with van der Waals surface area (Å²) >= 11 is 0. The van der Waals surface area contributed by atoms with Gasteiger partial charge in [0.05, 0.1) is 29.6 Å². The van der Waals surface area contributed by atoms with Crippen LogP contribution in [0.5, 0.6) is 0 Å². The molecule has 0 unspecified atom stereocenters. The van der Waals surface area contributed by atoms with E-state index in [-0.39, 0.29) is 35.8 Å². The second-order valence-corrected chi connectivity index (χ2v) is 5.55. The predicted octanol–water partition coefficient (Wildman–Crippen LogP) is 3.81. The number of ether oxygens (including phenoxy) is 1. The lowest BCUT2D eigenvalue weighted by Gasteiger charge is -2.10. The quantitative estimate of drug-likeness (QED) is 0.512. The Morgan fingerprint density at radius 3 is 2.45 bits per heavy atom. The topological polar surface area (TPSA) is 116 Å². The summed E-state index contributed by atoms with van der Waals surface area (Å²) < 4.78 is 6.40. The molecule has 0 aliphatic rings. The molecule has 0 saturated heterocycles. The molecule has 2 amide bonds. The van der Waals surface area contributed by atoms with E-state index >= 15 is 0 Å². The summed E-state index contributed by atoms with van der Waals surface area (Å²) in [7, 11) is 1.20. The third kappa shape index (κ3) is 4.78. The van der Waals surface area contributed by atoms with Gasteiger partial charge in [0, 0.05) is 11.8 Å². The molecule has 0 fully saturated rings. The van der Waals surface area contributed by atoms with E-state index in [1.807, 2.05) is 32.9 Å². The number of anilines is 1. The molecular formula is C21H26N4O4. The van der Waals surface area contributed by atoms with Gasteiger partial charge in [-0.1, -0.05) is 27.3 Å². The number of hydrogen-bond donors (Lipinski definition) is 2. The first-order valence-corrected chi connectivity index (χ1v) is 8.69. The van der Waals surface area contributed by atoms with Gasteiger partial charge in [-0.15, -0.1) is 0 Å². The van der Waals surface area contributed by atoms with Crippen LogP contribution in [0.1, 0.15) is 53.5 Å². The molecule has 0 spiro atoms. The molecule has 8 nitrogen and oxygen atoms in total. The fraction of sp³-hybridized carbons (Fsp3) is 0.238. The van der Waals surface area contributed by atoms with Gasteiger partial charge in [0.15, 0.2) is 5.82 Å². The van der Waals surface area contributed by atoms with Crippen LogP contribution in [0.25, 0.3) is 5.52 Å². The van der Waals surface area contributed by atoms with Crippen molar-refractivity contribution in [2.75, 3.05) is 12.4 Å². The van der Waals surface area contributed by atoms with Gasteiger partial charge in [-0.3, -0.25) is 9.20 Å². The fourth-order valence-corrected chi connectivity index (χ4v) is 2.69. The number of benzene rings is 1. The van der Waals surface area contributed by atoms with Crippen molar-refractivity contribution in [2.45, 2.75) is 28.2 Å². The number of ketones is 1. The number of pyridine rings is 1. The number of methoxy groups -OCH3 is 1. The van der Waals surface area contributed by atoms with Crippen LogP contribution in [-0.2, 0) is 4.74 Å². The van der Waals surface area contributed by atoms with Crippen LogP contribution in [0, 0.1) is 6.92 Å². The number of nitrogens with zero attached hydrogens (tertiary/aromatic N) is 2. The lowest BCUT2D eigenvalue weighted by atomic mass is 10.0. The SMILES string of the molecule is C.CC.COC(=O)c1cc(C(=O)c2nc(C)c3ccccn23)ccc1NC(N)=O. The van der Waals surface area contributed by atoms with Crippen molar-refractivity contribution in [1.29, 1.82) is 0 Å². The maximum atomic E-state index is 12.9. The second kappa shape index (κ2) is 10.0. The molecule has 3 N–H and O–H groups in total. The predicted molar refractivity (Wildman–Crippen MR) is 112 cm³/mol. The first-order valence-electron chi connectivity index (χ1n) is 8.69. The number of fused-ring (bicyclic) bond motifs is 1. The fourth-order valence-electron chi connectivity index (χ4n) is 2.69.